The van der Waals surface area contributed by atoms with Crippen molar-refractivity contribution in [3.8, 4) is 0 Å². The Hall–Kier alpha value is -0.770. The molecule has 4 nitrogen and oxygen atoms in total. The fraction of sp³-hybridized carbons (Fsp3) is 0.923. The van der Waals surface area contributed by atoms with E-state index in [4.69, 9.17) is 10.9 Å². The fourth-order valence-corrected chi connectivity index (χ4v) is 2.86. The Kier molecular flexibility index (Phi) is 6.34. The summed E-state index contributed by atoms with van der Waals surface area (Å²) in [5, 5.41) is 15.4. The molecule has 1 rings (SSSR count). The Morgan fingerprint density at radius 3 is 2.41 bits per heavy atom. The lowest BCUT2D eigenvalue weighted by Gasteiger charge is -2.33. The molecule has 1 saturated carbocycles. The summed E-state index contributed by atoms with van der Waals surface area (Å²) in [7, 11) is 0. The number of hydrogen-bond acceptors (Lipinski definition) is 3. The Labute approximate surface area is 105 Å². The Morgan fingerprint density at radius 2 is 1.94 bits per heavy atom. The molecule has 1 fully saturated rings. The molecule has 4 heteroatoms. The quantitative estimate of drug-likeness (QED) is 0.289. The van der Waals surface area contributed by atoms with Gasteiger partial charge in [0.15, 0.2) is 5.84 Å². The fourth-order valence-electron chi connectivity index (χ4n) is 2.86. The summed E-state index contributed by atoms with van der Waals surface area (Å²) >= 11 is 0. The zero-order valence-corrected chi connectivity index (χ0v) is 11.2. The number of amidine groups is 1. The molecule has 0 bridgehead atoms. The van der Waals surface area contributed by atoms with Crippen molar-refractivity contribution in [2.45, 2.75) is 70.9 Å². The van der Waals surface area contributed by atoms with Crippen molar-refractivity contribution in [2.24, 2.45) is 16.8 Å². The van der Waals surface area contributed by atoms with Gasteiger partial charge in [-0.05, 0) is 31.6 Å². The highest BCUT2D eigenvalue weighted by Crippen LogP contribution is 2.28. The lowest BCUT2D eigenvalue weighted by Crippen LogP contribution is -2.49. The number of nitrogens with two attached hydrogens (primary N) is 1. The maximum absolute atomic E-state index is 8.76. The second-order valence-corrected chi connectivity index (χ2v) is 5.07. The number of hydrogen-bond donors (Lipinski definition) is 3. The van der Waals surface area contributed by atoms with Crippen molar-refractivity contribution in [1.82, 2.24) is 5.32 Å². The molecular weight excluding hydrogens is 214 g/mol. The molecule has 100 valence electrons. The minimum absolute atomic E-state index is 0.00637. The topological polar surface area (TPSA) is 70.6 Å². The van der Waals surface area contributed by atoms with Crippen LogP contribution >= 0.6 is 0 Å². The molecule has 0 aromatic carbocycles. The van der Waals surface area contributed by atoms with Gasteiger partial charge in [-0.25, -0.2) is 0 Å². The van der Waals surface area contributed by atoms with Gasteiger partial charge in [-0.15, -0.1) is 0 Å². The van der Waals surface area contributed by atoms with Gasteiger partial charge in [-0.2, -0.15) is 0 Å². The minimum Gasteiger partial charge on any atom is -0.409 e. The highest BCUT2D eigenvalue weighted by atomic mass is 16.4. The lowest BCUT2D eigenvalue weighted by atomic mass is 9.82. The number of oxime groups is 1. The number of rotatable bonds is 6. The average Bonchev–Trinajstić information content (AvgIpc) is 2.40. The number of nitrogens with zero attached hydrogens (tertiary/aromatic N) is 1. The molecule has 0 spiro atoms. The summed E-state index contributed by atoms with van der Waals surface area (Å²) in [6.45, 7) is 4.27. The van der Waals surface area contributed by atoms with E-state index in [2.05, 4.69) is 24.3 Å². The first-order valence-corrected chi connectivity index (χ1v) is 6.96. The average molecular weight is 241 g/mol. The van der Waals surface area contributed by atoms with Gasteiger partial charge in [-0.1, -0.05) is 38.3 Å². The van der Waals surface area contributed by atoms with E-state index in [9.17, 15) is 0 Å². The van der Waals surface area contributed by atoms with Gasteiger partial charge in [0.25, 0.3) is 0 Å². The van der Waals surface area contributed by atoms with Crippen LogP contribution in [-0.4, -0.2) is 23.1 Å². The predicted molar refractivity (Wildman–Crippen MR) is 71.3 cm³/mol. The molecule has 2 unspecified atom stereocenters. The van der Waals surface area contributed by atoms with Gasteiger partial charge in [0, 0.05) is 6.04 Å². The molecule has 0 aromatic rings. The van der Waals surface area contributed by atoms with Gasteiger partial charge >= 0.3 is 0 Å². The van der Waals surface area contributed by atoms with E-state index < -0.39 is 0 Å². The van der Waals surface area contributed by atoms with Crippen LogP contribution in [0, 0.1) is 5.92 Å². The minimum atomic E-state index is 0.00637. The van der Waals surface area contributed by atoms with Gasteiger partial charge in [0.05, 0.1) is 6.04 Å². The highest BCUT2D eigenvalue weighted by molar-refractivity contribution is 5.85. The first-order valence-electron chi connectivity index (χ1n) is 6.96. The van der Waals surface area contributed by atoms with Crippen molar-refractivity contribution < 1.29 is 5.21 Å². The van der Waals surface area contributed by atoms with Crippen molar-refractivity contribution >= 4 is 5.84 Å². The monoisotopic (exact) mass is 241 g/mol. The van der Waals surface area contributed by atoms with Gasteiger partial charge in [0.1, 0.15) is 0 Å². The van der Waals surface area contributed by atoms with Crippen molar-refractivity contribution in [2.75, 3.05) is 0 Å². The Balaban J connectivity index is 2.54. The van der Waals surface area contributed by atoms with Crippen LogP contribution in [0.15, 0.2) is 5.16 Å². The van der Waals surface area contributed by atoms with Crippen LogP contribution in [0.5, 0.6) is 0 Å². The zero-order chi connectivity index (χ0) is 12.7. The van der Waals surface area contributed by atoms with E-state index >= 15 is 0 Å². The summed E-state index contributed by atoms with van der Waals surface area (Å²) in [6.07, 6.45) is 8.69. The van der Waals surface area contributed by atoms with Crippen molar-refractivity contribution in [3.63, 3.8) is 0 Å². The van der Waals surface area contributed by atoms with Crippen LogP contribution in [0.3, 0.4) is 0 Å². The third kappa shape index (κ3) is 4.19. The van der Waals surface area contributed by atoms with E-state index in [1.165, 1.54) is 32.1 Å². The van der Waals surface area contributed by atoms with Gasteiger partial charge in [0.2, 0.25) is 0 Å². The third-order valence-electron chi connectivity index (χ3n) is 3.95. The van der Waals surface area contributed by atoms with Crippen LogP contribution in [0.2, 0.25) is 0 Å². The summed E-state index contributed by atoms with van der Waals surface area (Å²) in [5.41, 5.74) is 5.70. The molecule has 17 heavy (non-hydrogen) atoms. The van der Waals surface area contributed by atoms with Crippen LogP contribution < -0.4 is 11.1 Å². The molecule has 1 aliphatic rings. The van der Waals surface area contributed by atoms with Gasteiger partial charge in [-0.3, -0.25) is 0 Å². The second-order valence-electron chi connectivity index (χ2n) is 5.07. The summed E-state index contributed by atoms with van der Waals surface area (Å²) < 4.78 is 0. The SMILES string of the molecule is CCC(NC(CC)C1CCCCC1)C(N)=NO. The normalized spacial score (nSPS) is 22.4. The maximum atomic E-state index is 8.76. The summed E-state index contributed by atoms with van der Waals surface area (Å²) in [4.78, 5) is 0. The Morgan fingerprint density at radius 1 is 1.29 bits per heavy atom. The molecule has 0 heterocycles. The first kappa shape index (κ1) is 14.3. The molecule has 0 radical (unpaired) electrons. The van der Waals surface area contributed by atoms with Crippen LogP contribution in [0.25, 0.3) is 0 Å². The number of nitrogens with one attached hydrogen (secondary N) is 1. The van der Waals surface area contributed by atoms with Crippen LogP contribution in [0.1, 0.15) is 58.8 Å². The first-order chi connectivity index (χ1) is 8.22. The lowest BCUT2D eigenvalue weighted by molar-refractivity contribution is 0.252. The van der Waals surface area contributed by atoms with E-state index in [1.807, 2.05) is 0 Å². The molecular formula is C13H27N3O. The van der Waals surface area contributed by atoms with Gasteiger partial charge < -0.3 is 16.3 Å². The molecule has 0 aliphatic heterocycles. The molecule has 0 amide bonds. The van der Waals surface area contributed by atoms with E-state index in [0.717, 1.165) is 18.8 Å². The smallest absolute Gasteiger partial charge is 0.156 e. The van der Waals surface area contributed by atoms with E-state index in [0.29, 0.717) is 11.9 Å². The molecule has 0 aromatic heterocycles. The predicted octanol–water partition coefficient (Wildman–Crippen LogP) is 2.46. The standard InChI is InChI=1S/C13H27N3O/c1-3-11(10-8-6-5-7-9-10)15-12(4-2)13(14)16-17/h10-12,15,17H,3-9H2,1-2H3,(H2,14,16). The van der Waals surface area contributed by atoms with E-state index in [1.54, 1.807) is 0 Å². The Bertz CT molecular complexity index is 237. The van der Waals surface area contributed by atoms with Crippen molar-refractivity contribution in [1.29, 1.82) is 0 Å². The van der Waals surface area contributed by atoms with Crippen molar-refractivity contribution in [3.05, 3.63) is 0 Å². The van der Waals surface area contributed by atoms with E-state index in [-0.39, 0.29) is 6.04 Å². The van der Waals surface area contributed by atoms with Crippen LogP contribution in [-0.2, 0) is 0 Å². The molecule has 4 N–H and O–H groups in total. The summed E-state index contributed by atoms with van der Waals surface area (Å²) in [5.74, 6) is 1.07. The third-order valence-corrected chi connectivity index (χ3v) is 3.95. The molecule has 1 aliphatic carbocycles. The highest BCUT2D eigenvalue weighted by Gasteiger charge is 2.25. The maximum Gasteiger partial charge on any atom is 0.156 e. The largest absolute Gasteiger partial charge is 0.409 e. The van der Waals surface area contributed by atoms with Crippen LogP contribution in [0.4, 0.5) is 0 Å². The zero-order valence-electron chi connectivity index (χ0n) is 11.2. The second kappa shape index (κ2) is 7.54. The summed E-state index contributed by atoms with van der Waals surface area (Å²) in [6, 6.07) is 0.507. The molecule has 2 atom stereocenters. The molecule has 0 saturated heterocycles.